The minimum Gasteiger partial charge on any atom is -0.494 e. The summed E-state index contributed by atoms with van der Waals surface area (Å²) in [5, 5.41) is 0.249. The van der Waals surface area contributed by atoms with E-state index in [0.29, 0.717) is 29.6 Å². The van der Waals surface area contributed by atoms with Gasteiger partial charge in [0, 0.05) is 5.56 Å². The lowest BCUT2D eigenvalue weighted by molar-refractivity contribution is -0.128. The smallest absolute Gasteiger partial charge is 0.279 e. The Bertz CT molecular complexity index is 871. The van der Waals surface area contributed by atoms with Gasteiger partial charge in [-0.25, -0.2) is 0 Å². The predicted molar refractivity (Wildman–Crippen MR) is 101 cm³/mol. The van der Waals surface area contributed by atoms with Crippen molar-refractivity contribution in [1.29, 1.82) is 0 Å². The van der Waals surface area contributed by atoms with Crippen molar-refractivity contribution in [2.75, 3.05) is 13.4 Å². The van der Waals surface area contributed by atoms with E-state index >= 15 is 0 Å². The lowest BCUT2D eigenvalue weighted by Crippen LogP contribution is -2.47. The Hall–Kier alpha value is -3.13. The van der Waals surface area contributed by atoms with E-state index in [4.69, 9.17) is 30.5 Å². The van der Waals surface area contributed by atoms with E-state index < -0.39 is 17.9 Å². The van der Waals surface area contributed by atoms with Crippen LogP contribution in [0.5, 0.6) is 23.0 Å². The summed E-state index contributed by atoms with van der Waals surface area (Å²) in [6, 6.07) is 9.79. The van der Waals surface area contributed by atoms with Gasteiger partial charge >= 0.3 is 0 Å². The van der Waals surface area contributed by atoms with E-state index in [1.165, 1.54) is 12.1 Å². The first-order chi connectivity index (χ1) is 13.5. The summed E-state index contributed by atoms with van der Waals surface area (Å²) < 4.78 is 21.3. The van der Waals surface area contributed by atoms with Gasteiger partial charge in [-0.15, -0.1) is 0 Å². The zero-order valence-corrected chi connectivity index (χ0v) is 16.0. The van der Waals surface area contributed by atoms with Crippen molar-refractivity contribution in [3.63, 3.8) is 0 Å². The van der Waals surface area contributed by atoms with Crippen LogP contribution >= 0.6 is 11.6 Å². The molecule has 2 N–H and O–H groups in total. The van der Waals surface area contributed by atoms with Crippen LogP contribution in [-0.2, 0) is 4.79 Å². The summed E-state index contributed by atoms with van der Waals surface area (Å²) >= 11 is 6.05. The molecule has 0 aliphatic carbocycles. The first-order valence-corrected chi connectivity index (χ1v) is 8.94. The van der Waals surface area contributed by atoms with Crippen molar-refractivity contribution < 1.29 is 28.5 Å². The molecule has 1 heterocycles. The van der Waals surface area contributed by atoms with Gasteiger partial charge in [-0.3, -0.25) is 20.4 Å². The third-order valence-electron chi connectivity index (χ3n) is 3.81. The van der Waals surface area contributed by atoms with E-state index in [0.717, 1.165) is 0 Å². The number of amides is 2. The van der Waals surface area contributed by atoms with Crippen LogP contribution in [0.15, 0.2) is 36.4 Å². The summed E-state index contributed by atoms with van der Waals surface area (Å²) in [6.45, 7) is 4.06. The van der Waals surface area contributed by atoms with Gasteiger partial charge in [-0.05, 0) is 50.2 Å². The fourth-order valence-corrected chi connectivity index (χ4v) is 2.69. The maximum atomic E-state index is 12.2. The molecule has 0 fully saturated rings. The van der Waals surface area contributed by atoms with Gasteiger partial charge in [-0.2, -0.15) is 0 Å². The topological polar surface area (TPSA) is 95.1 Å². The largest absolute Gasteiger partial charge is 0.494 e. The molecule has 2 aromatic carbocycles. The van der Waals surface area contributed by atoms with Crippen LogP contribution < -0.4 is 29.8 Å². The third kappa shape index (κ3) is 4.58. The number of nitrogens with one attached hydrogen (secondary N) is 2. The maximum Gasteiger partial charge on any atom is 0.279 e. The summed E-state index contributed by atoms with van der Waals surface area (Å²) in [7, 11) is 0. The van der Waals surface area contributed by atoms with E-state index in [2.05, 4.69) is 10.9 Å². The molecule has 1 atom stereocenters. The van der Waals surface area contributed by atoms with Crippen molar-refractivity contribution in [2.45, 2.75) is 20.0 Å². The number of ether oxygens (including phenoxy) is 4. The molecule has 0 radical (unpaired) electrons. The molecule has 148 valence electrons. The zero-order valence-electron chi connectivity index (χ0n) is 15.3. The van der Waals surface area contributed by atoms with Crippen LogP contribution in [0.3, 0.4) is 0 Å². The first-order valence-electron chi connectivity index (χ1n) is 8.56. The van der Waals surface area contributed by atoms with E-state index in [-0.39, 0.29) is 17.4 Å². The van der Waals surface area contributed by atoms with Crippen LogP contribution in [-0.4, -0.2) is 31.3 Å². The first kappa shape index (κ1) is 19.6. The number of hydrogen-bond donors (Lipinski definition) is 2. The molecule has 1 aliphatic rings. The molecule has 0 unspecified atom stereocenters. The highest BCUT2D eigenvalue weighted by atomic mass is 35.5. The highest BCUT2D eigenvalue weighted by Gasteiger charge is 2.21. The third-order valence-corrected chi connectivity index (χ3v) is 4.09. The second-order valence-corrected chi connectivity index (χ2v) is 6.21. The number of carbonyl (C=O) groups excluding carboxylic acids is 2. The average molecular weight is 407 g/mol. The number of hydrogen-bond acceptors (Lipinski definition) is 6. The zero-order chi connectivity index (χ0) is 20.1. The predicted octanol–water partition coefficient (Wildman–Crippen LogP) is 2.70. The molecule has 2 aromatic rings. The van der Waals surface area contributed by atoms with Gasteiger partial charge in [-0.1, -0.05) is 11.6 Å². The molecule has 9 heteroatoms. The van der Waals surface area contributed by atoms with Crippen molar-refractivity contribution >= 4 is 23.4 Å². The monoisotopic (exact) mass is 406 g/mol. The molecule has 1 aliphatic heterocycles. The quantitative estimate of drug-likeness (QED) is 0.716. The molecule has 0 saturated heterocycles. The maximum absolute atomic E-state index is 12.2. The van der Waals surface area contributed by atoms with E-state index in [1.807, 2.05) is 6.92 Å². The Morgan fingerprint density at radius 1 is 1.14 bits per heavy atom. The molecule has 0 spiro atoms. The minimum atomic E-state index is -0.835. The summed E-state index contributed by atoms with van der Waals surface area (Å²) in [5.41, 5.74) is 4.85. The molecule has 8 nitrogen and oxygen atoms in total. The van der Waals surface area contributed by atoms with Crippen molar-refractivity contribution in [2.24, 2.45) is 0 Å². The van der Waals surface area contributed by atoms with Crippen LogP contribution in [0.1, 0.15) is 24.2 Å². The van der Waals surface area contributed by atoms with Crippen molar-refractivity contribution in [1.82, 2.24) is 10.9 Å². The van der Waals surface area contributed by atoms with Gasteiger partial charge in [0.1, 0.15) is 11.5 Å². The molecule has 0 saturated carbocycles. The molecule has 2 amide bonds. The van der Waals surface area contributed by atoms with Crippen LogP contribution in [0.25, 0.3) is 0 Å². The SMILES string of the molecule is CCOc1ccc(O[C@H](C)C(=O)NNC(=O)c2cc(Cl)c3c(c2)OCO3)cc1. The van der Waals surface area contributed by atoms with E-state index in [1.54, 1.807) is 31.2 Å². The summed E-state index contributed by atoms with van der Waals surface area (Å²) in [5.74, 6) is 0.897. The highest BCUT2D eigenvalue weighted by Crippen LogP contribution is 2.39. The number of rotatable bonds is 6. The van der Waals surface area contributed by atoms with Gasteiger partial charge in [0.2, 0.25) is 6.79 Å². The molecule has 0 aromatic heterocycles. The molecule has 3 rings (SSSR count). The van der Waals surface area contributed by atoms with Crippen molar-refractivity contribution in [3.05, 3.63) is 47.0 Å². The summed E-state index contributed by atoms with van der Waals surface area (Å²) in [4.78, 5) is 24.4. The van der Waals surface area contributed by atoms with Crippen LogP contribution in [0, 0.1) is 0 Å². The minimum absolute atomic E-state index is 0.0390. The lowest BCUT2D eigenvalue weighted by atomic mass is 10.2. The Labute approximate surface area is 166 Å². The number of fused-ring (bicyclic) bond motifs is 1. The van der Waals surface area contributed by atoms with Gasteiger partial charge in [0.05, 0.1) is 11.6 Å². The highest BCUT2D eigenvalue weighted by molar-refractivity contribution is 6.32. The number of benzene rings is 2. The molecule has 0 bridgehead atoms. The van der Waals surface area contributed by atoms with E-state index in [9.17, 15) is 9.59 Å². The fraction of sp³-hybridized carbons (Fsp3) is 0.263. The van der Waals surface area contributed by atoms with Crippen LogP contribution in [0.2, 0.25) is 5.02 Å². The Kier molecular flexibility index (Phi) is 6.10. The lowest BCUT2D eigenvalue weighted by Gasteiger charge is -2.15. The molecular formula is C19H19ClN2O6. The summed E-state index contributed by atoms with van der Waals surface area (Å²) in [6.07, 6.45) is -0.835. The molecular weight excluding hydrogens is 388 g/mol. The van der Waals surface area contributed by atoms with Gasteiger partial charge in [0.15, 0.2) is 17.6 Å². The standard InChI is InChI=1S/C19H19ClN2O6/c1-3-25-13-4-6-14(7-5-13)28-11(2)18(23)21-22-19(24)12-8-15(20)17-16(9-12)26-10-27-17/h4-9,11H,3,10H2,1-2H3,(H,21,23)(H,22,24)/t11-/m1/s1. The normalized spacial score (nSPS) is 12.8. The fourth-order valence-electron chi connectivity index (χ4n) is 2.43. The van der Waals surface area contributed by atoms with Crippen LogP contribution in [0.4, 0.5) is 0 Å². The number of halogens is 1. The average Bonchev–Trinajstić information content (AvgIpc) is 3.17. The molecule has 28 heavy (non-hydrogen) atoms. The Balaban J connectivity index is 1.53. The van der Waals surface area contributed by atoms with Crippen molar-refractivity contribution in [3.8, 4) is 23.0 Å². The second kappa shape index (κ2) is 8.71. The van der Waals surface area contributed by atoms with Gasteiger partial charge < -0.3 is 18.9 Å². The second-order valence-electron chi connectivity index (χ2n) is 5.80. The van der Waals surface area contributed by atoms with Gasteiger partial charge in [0.25, 0.3) is 11.8 Å². The number of hydrazine groups is 1. The Morgan fingerprint density at radius 2 is 1.86 bits per heavy atom. The Morgan fingerprint density at radius 3 is 2.57 bits per heavy atom. The number of carbonyl (C=O) groups is 2.